The Kier molecular flexibility index (Phi) is 4.76. The van der Waals surface area contributed by atoms with Gasteiger partial charge >= 0.3 is 0 Å². The number of likely N-dealkylation sites (tertiary alicyclic amines) is 1. The van der Waals surface area contributed by atoms with Crippen LogP contribution in [0.4, 0.5) is 5.13 Å². The molecule has 1 aromatic carbocycles. The molecule has 2 aliphatic rings. The zero-order valence-electron chi connectivity index (χ0n) is 14.9. The minimum absolute atomic E-state index is 0.0249. The Balaban J connectivity index is 1.38. The van der Waals surface area contributed by atoms with Gasteiger partial charge < -0.3 is 10.2 Å². The topological polar surface area (TPSA) is 62.3 Å². The van der Waals surface area contributed by atoms with Crippen molar-refractivity contribution in [3.63, 3.8) is 0 Å². The van der Waals surface area contributed by atoms with Gasteiger partial charge in [0.25, 0.3) is 0 Å². The van der Waals surface area contributed by atoms with Crippen molar-refractivity contribution in [1.29, 1.82) is 0 Å². The second kappa shape index (κ2) is 7.19. The maximum atomic E-state index is 12.6. The van der Waals surface area contributed by atoms with E-state index in [1.54, 1.807) is 0 Å². The molecule has 5 nitrogen and oxygen atoms in total. The molecule has 1 atom stereocenters. The van der Waals surface area contributed by atoms with E-state index in [1.807, 2.05) is 22.4 Å². The number of anilines is 1. The Morgan fingerprint density at radius 2 is 1.92 bits per heavy atom. The van der Waals surface area contributed by atoms with Crippen LogP contribution in [0.3, 0.4) is 0 Å². The van der Waals surface area contributed by atoms with Crippen LogP contribution in [0.15, 0.2) is 29.6 Å². The maximum Gasteiger partial charge on any atom is 0.231 e. The predicted molar refractivity (Wildman–Crippen MR) is 103 cm³/mol. The highest BCUT2D eigenvalue weighted by atomic mass is 32.1. The van der Waals surface area contributed by atoms with Crippen LogP contribution in [0.1, 0.15) is 31.2 Å². The number of nitrogens with zero attached hydrogens (tertiary/aromatic N) is 2. The number of aromatic nitrogens is 1. The van der Waals surface area contributed by atoms with Crippen LogP contribution in [0.25, 0.3) is 11.3 Å². The minimum Gasteiger partial charge on any atom is -0.342 e. The summed E-state index contributed by atoms with van der Waals surface area (Å²) in [5.41, 5.74) is 3.13. The molecular formula is C20H23N3O2S. The van der Waals surface area contributed by atoms with Crippen molar-refractivity contribution in [3.05, 3.63) is 35.2 Å². The quantitative estimate of drug-likeness (QED) is 0.894. The van der Waals surface area contributed by atoms with Gasteiger partial charge in [0.15, 0.2) is 5.13 Å². The summed E-state index contributed by atoms with van der Waals surface area (Å²) in [4.78, 5) is 31.3. The number of benzene rings is 1. The molecule has 2 heterocycles. The van der Waals surface area contributed by atoms with Crippen molar-refractivity contribution >= 4 is 28.3 Å². The summed E-state index contributed by atoms with van der Waals surface area (Å²) in [7, 11) is 0. The van der Waals surface area contributed by atoms with E-state index in [9.17, 15) is 9.59 Å². The van der Waals surface area contributed by atoms with Crippen LogP contribution in [-0.2, 0) is 9.59 Å². The summed E-state index contributed by atoms with van der Waals surface area (Å²) in [5, 5.41) is 5.53. The van der Waals surface area contributed by atoms with Crippen LogP contribution in [0, 0.1) is 18.8 Å². The number of carbonyl (C=O) groups excluding carboxylic acids is 2. The Bertz CT molecular complexity index is 811. The van der Waals surface area contributed by atoms with E-state index < -0.39 is 0 Å². The summed E-state index contributed by atoms with van der Waals surface area (Å²) < 4.78 is 0. The number of nitrogens with one attached hydrogen (secondary N) is 1. The number of carbonyl (C=O) groups is 2. The van der Waals surface area contributed by atoms with Crippen LogP contribution in [0.2, 0.25) is 0 Å². The van der Waals surface area contributed by atoms with Crippen LogP contribution in [-0.4, -0.2) is 34.8 Å². The Labute approximate surface area is 157 Å². The van der Waals surface area contributed by atoms with Gasteiger partial charge in [0.05, 0.1) is 11.6 Å². The summed E-state index contributed by atoms with van der Waals surface area (Å²) in [5.74, 6) is 0.285. The molecule has 6 heteroatoms. The largest absolute Gasteiger partial charge is 0.342 e. The number of hydrogen-bond acceptors (Lipinski definition) is 4. The molecule has 136 valence electrons. The Morgan fingerprint density at radius 3 is 2.65 bits per heavy atom. The highest BCUT2D eigenvalue weighted by molar-refractivity contribution is 7.14. The minimum atomic E-state index is -0.141. The zero-order valence-corrected chi connectivity index (χ0v) is 15.7. The zero-order chi connectivity index (χ0) is 18.1. The van der Waals surface area contributed by atoms with E-state index in [-0.39, 0.29) is 23.7 Å². The standard InChI is InChI=1S/C20H23N3O2S/c1-13-4-6-14(7-5-13)17-12-26-20(21-17)22-18(24)16-3-2-10-23(11-16)19(25)15-8-9-15/h4-7,12,15-16H,2-3,8-11H2,1H3,(H,21,22,24). The average molecular weight is 369 g/mol. The monoisotopic (exact) mass is 369 g/mol. The molecule has 4 rings (SSSR count). The second-order valence-electron chi connectivity index (χ2n) is 7.29. The Morgan fingerprint density at radius 1 is 1.15 bits per heavy atom. The first-order valence-electron chi connectivity index (χ1n) is 9.22. The lowest BCUT2D eigenvalue weighted by Gasteiger charge is -2.32. The van der Waals surface area contributed by atoms with Crippen molar-refractivity contribution in [2.75, 3.05) is 18.4 Å². The lowest BCUT2D eigenvalue weighted by Crippen LogP contribution is -2.44. The summed E-state index contributed by atoms with van der Waals surface area (Å²) in [6.07, 6.45) is 3.74. The number of thiazole rings is 1. The predicted octanol–water partition coefficient (Wildman–Crippen LogP) is 3.71. The molecule has 1 aromatic heterocycles. The highest BCUT2D eigenvalue weighted by Gasteiger charge is 2.36. The number of aryl methyl sites for hydroxylation is 1. The summed E-state index contributed by atoms with van der Waals surface area (Å²) >= 11 is 1.44. The fraction of sp³-hybridized carbons (Fsp3) is 0.450. The highest BCUT2D eigenvalue weighted by Crippen LogP contribution is 2.33. The molecule has 1 aliphatic heterocycles. The molecule has 1 saturated carbocycles. The van der Waals surface area contributed by atoms with Gasteiger partial charge in [-0.1, -0.05) is 29.8 Å². The molecule has 26 heavy (non-hydrogen) atoms. The first-order valence-corrected chi connectivity index (χ1v) is 10.1. The lowest BCUT2D eigenvalue weighted by atomic mass is 9.97. The van der Waals surface area contributed by atoms with Gasteiger partial charge in [-0.25, -0.2) is 4.98 Å². The molecule has 0 bridgehead atoms. The molecule has 1 saturated heterocycles. The Hall–Kier alpha value is -2.21. The van der Waals surface area contributed by atoms with E-state index >= 15 is 0 Å². The van der Waals surface area contributed by atoms with E-state index in [0.29, 0.717) is 11.7 Å². The smallest absolute Gasteiger partial charge is 0.231 e. The van der Waals surface area contributed by atoms with Gasteiger partial charge in [-0.05, 0) is 32.6 Å². The van der Waals surface area contributed by atoms with Crippen molar-refractivity contribution in [3.8, 4) is 11.3 Å². The molecule has 1 aliphatic carbocycles. The lowest BCUT2D eigenvalue weighted by molar-refractivity contribution is -0.135. The fourth-order valence-electron chi connectivity index (χ4n) is 3.38. The molecule has 2 fully saturated rings. The summed E-state index contributed by atoms with van der Waals surface area (Å²) in [6, 6.07) is 8.19. The number of amides is 2. The summed E-state index contributed by atoms with van der Waals surface area (Å²) in [6.45, 7) is 3.38. The van der Waals surface area contributed by atoms with Crippen LogP contribution in [0.5, 0.6) is 0 Å². The van der Waals surface area contributed by atoms with Crippen molar-refractivity contribution in [1.82, 2.24) is 9.88 Å². The van der Waals surface area contributed by atoms with E-state index in [4.69, 9.17) is 0 Å². The van der Waals surface area contributed by atoms with Gasteiger partial charge in [0, 0.05) is 30.0 Å². The van der Waals surface area contributed by atoms with Crippen molar-refractivity contribution in [2.24, 2.45) is 11.8 Å². The van der Waals surface area contributed by atoms with Gasteiger partial charge in [0.1, 0.15) is 0 Å². The molecule has 0 radical (unpaired) electrons. The number of hydrogen-bond donors (Lipinski definition) is 1. The number of rotatable bonds is 4. The van der Waals surface area contributed by atoms with E-state index in [2.05, 4.69) is 29.4 Å². The van der Waals surface area contributed by atoms with Crippen molar-refractivity contribution < 1.29 is 9.59 Å². The normalized spacial score (nSPS) is 20.0. The molecule has 2 aromatic rings. The fourth-order valence-corrected chi connectivity index (χ4v) is 4.10. The molecule has 0 spiro atoms. The number of piperidine rings is 1. The first-order chi connectivity index (χ1) is 12.6. The van der Waals surface area contributed by atoms with Gasteiger partial charge in [-0.15, -0.1) is 11.3 Å². The molecule has 1 unspecified atom stereocenters. The molecule has 2 amide bonds. The first kappa shape index (κ1) is 17.2. The third kappa shape index (κ3) is 3.80. The second-order valence-corrected chi connectivity index (χ2v) is 8.15. The third-order valence-electron chi connectivity index (χ3n) is 5.11. The van der Waals surface area contributed by atoms with Gasteiger partial charge in [-0.3, -0.25) is 9.59 Å². The van der Waals surface area contributed by atoms with Gasteiger partial charge in [0.2, 0.25) is 11.8 Å². The SMILES string of the molecule is Cc1ccc(-c2csc(NC(=O)C3CCCN(C(=O)C4CC4)C3)n2)cc1. The van der Waals surface area contributed by atoms with E-state index in [1.165, 1.54) is 16.9 Å². The van der Waals surface area contributed by atoms with Crippen LogP contribution < -0.4 is 5.32 Å². The van der Waals surface area contributed by atoms with Crippen molar-refractivity contribution in [2.45, 2.75) is 32.6 Å². The molecule has 1 N–H and O–H groups in total. The average Bonchev–Trinajstić information content (AvgIpc) is 3.41. The maximum absolute atomic E-state index is 12.6. The third-order valence-corrected chi connectivity index (χ3v) is 5.87. The molecular weight excluding hydrogens is 346 g/mol. The van der Waals surface area contributed by atoms with Crippen LogP contribution >= 0.6 is 11.3 Å². The van der Waals surface area contributed by atoms with Gasteiger partial charge in [-0.2, -0.15) is 0 Å². The van der Waals surface area contributed by atoms with E-state index in [0.717, 1.165) is 43.5 Å².